The van der Waals surface area contributed by atoms with Gasteiger partial charge < -0.3 is 25.4 Å². The number of carbonyl (C=O) groups is 2. The molecule has 0 aromatic rings. The van der Waals surface area contributed by atoms with E-state index in [1.165, 1.54) is 0 Å². The highest BCUT2D eigenvalue weighted by atomic mass is 32.2. The fourth-order valence-electron chi connectivity index (χ4n) is 2.49. The van der Waals surface area contributed by atoms with E-state index in [2.05, 4.69) is 16.0 Å². The Labute approximate surface area is 128 Å². The number of fused-ring (bicyclic) bond motifs is 1. The quantitative estimate of drug-likeness (QED) is 0.402. The molecule has 2 aliphatic rings. The van der Waals surface area contributed by atoms with Crippen molar-refractivity contribution in [3.63, 3.8) is 0 Å². The van der Waals surface area contributed by atoms with Crippen molar-refractivity contribution in [2.75, 3.05) is 39.2 Å². The van der Waals surface area contributed by atoms with Crippen LogP contribution in [-0.4, -0.2) is 68.5 Å². The van der Waals surface area contributed by atoms with E-state index >= 15 is 0 Å². The fraction of sp³-hybridized carbons (Fsp3) is 0.846. The molecule has 21 heavy (non-hydrogen) atoms. The minimum absolute atomic E-state index is 0.00907. The molecule has 0 aromatic carbocycles. The van der Waals surface area contributed by atoms with E-state index in [0.29, 0.717) is 32.8 Å². The molecule has 8 heteroatoms. The summed E-state index contributed by atoms with van der Waals surface area (Å²) < 4.78 is 10.3. The van der Waals surface area contributed by atoms with Crippen molar-refractivity contribution in [3.05, 3.63) is 0 Å². The average Bonchev–Trinajstić information content (AvgIpc) is 2.98. The zero-order valence-electron chi connectivity index (χ0n) is 12.2. The molecular weight excluding hydrogens is 294 g/mol. The Kier molecular flexibility index (Phi) is 6.59. The van der Waals surface area contributed by atoms with Gasteiger partial charge in [0, 0.05) is 44.3 Å². The maximum atomic E-state index is 11.9. The number of rotatable bonds is 9. The molecule has 0 spiro atoms. The van der Waals surface area contributed by atoms with E-state index < -0.39 is 0 Å². The molecule has 3 N–H and O–H groups in total. The van der Waals surface area contributed by atoms with Crippen LogP contribution in [0.2, 0.25) is 0 Å². The summed E-state index contributed by atoms with van der Waals surface area (Å²) in [6.45, 7) is 2.36. The number of nitrogens with one attached hydrogen (secondary N) is 3. The second-order valence-corrected chi connectivity index (χ2v) is 6.41. The Bertz CT molecular complexity index is 369. The number of carbonyl (C=O) groups excluding carboxylic acids is 2. The predicted octanol–water partition coefficient (Wildman–Crippen LogP) is -0.289. The molecule has 2 heterocycles. The van der Waals surface area contributed by atoms with Crippen molar-refractivity contribution in [2.24, 2.45) is 0 Å². The highest BCUT2D eigenvalue weighted by Gasteiger charge is 2.43. The molecule has 0 radical (unpaired) electrons. The fourth-order valence-corrected chi connectivity index (χ4v) is 3.97. The van der Waals surface area contributed by atoms with Crippen LogP contribution in [0.4, 0.5) is 4.79 Å². The van der Waals surface area contributed by atoms with Gasteiger partial charge in [0.2, 0.25) is 5.91 Å². The third-order valence-electron chi connectivity index (χ3n) is 3.53. The van der Waals surface area contributed by atoms with Gasteiger partial charge in [0.15, 0.2) is 0 Å². The second-order valence-electron chi connectivity index (χ2n) is 5.13. The van der Waals surface area contributed by atoms with Gasteiger partial charge in [0.1, 0.15) is 0 Å². The van der Waals surface area contributed by atoms with Crippen LogP contribution in [0, 0.1) is 0 Å². The SMILES string of the molecule is COCCCOCCNC(=O)CC1SC[C@@H]2NC(=O)N[C@H]12. The first-order chi connectivity index (χ1) is 10.2. The summed E-state index contributed by atoms with van der Waals surface area (Å²) in [4.78, 5) is 23.1. The van der Waals surface area contributed by atoms with E-state index in [9.17, 15) is 9.59 Å². The van der Waals surface area contributed by atoms with Gasteiger partial charge in [-0.2, -0.15) is 11.8 Å². The molecule has 120 valence electrons. The van der Waals surface area contributed by atoms with E-state index in [4.69, 9.17) is 9.47 Å². The van der Waals surface area contributed by atoms with Crippen LogP contribution in [-0.2, 0) is 14.3 Å². The van der Waals surface area contributed by atoms with E-state index in [1.807, 2.05) is 0 Å². The third kappa shape index (κ3) is 5.05. The lowest BCUT2D eigenvalue weighted by molar-refractivity contribution is -0.121. The Morgan fingerprint density at radius 3 is 3.05 bits per heavy atom. The van der Waals surface area contributed by atoms with Crippen LogP contribution in [0.25, 0.3) is 0 Å². The topological polar surface area (TPSA) is 88.7 Å². The molecule has 2 saturated heterocycles. The number of amides is 3. The third-order valence-corrected chi connectivity index (χ3v) is 4.97. The van der Waals surface area contributed by atoms with Crippen LogP contribution in [0.3, 0.4) is 0 Å². The molecular formula is C13H23N3O4S. The average molecular weight is 317 g/mol. The van der Waals surface area contributed by atoms with Crippen LogP contribution < -0.4 is 16.0 Å². The first-order valence-corrected chi connectivity index (χ1v) is 8.27. The van der Waals surface area contributed by atoms with Crippen molar-refractivity contribution in [1.82, 2.24) is 16.0 Å². The van der Waals surface area contributed by atoms with Gasteiger partial charge in [-0.3, -0.25) is 4.79 Å². The van der Waals surface area contributed by atoms with Crippen molar-refractivity contribution in [3.8, 4) is 0 Å². The standard InChI is InChI=1S/C13H23N3O4S/c1-19-4-2-5-20-6-3-14-11(17)7-10-12-9(8-21-10)15-13(18)16-12/h9-10,12H,2-8H2,1H3,(H,14,17)(H2,15,16,18)/t9-,10?,12-/m0/s1. The van der Waals surface area contributed by atoms with Crippen LogP contribution in [0.5, 0.6) is 0 Å². The zero-order valence-corrected chi connectivity index (χ0v) is 13.0. The van der Waals surface area contributed by atoms with Gasteiger partial charge in [-0.15, -0.1) is 0 Å². The van der Waals surface area contributed by atoms with Gasteiger partial charge in [0.05, 0.1) is 18.7 Å². The molecule has 0 bridgehead atoms. The molecule has 0 saturated carbocycles. The number of ether oxygens (including phenoxy) is 2. The smallest absolute Gasteiger partial charge is 0.315 e. The van der Waals surface area contributed by atoms with Gasteiger partial charge in [-0.1, -0.05) is 0 Å². The van der Waals surface area contributed by atoms with E-state index in [-0.39, 0.29) is 29.3 Å². The lowest BCUT2D eigenvalue weighted by Crippen LogP contribution is -2.40. The Hall–Kier alpha value is -0.990. The maximum Gasteiger partial charge on any atom is 0.315 e. The molecule has 2 rings (SSSR count). The molecule has 7 nitrogen and oxygen atoms in total. The first kappa shape index (κ1) is 16.4. The van der Waals surface area contributed by atoms with Crippen molar-refractivity contribution in [1.29, 1.82) is 0 Å². The number of thioether (sulfide) groups is 1. The molecule has 3 atom stereocenters. The Balaban J connectivity index is 1.54. The summed E-state index contributed by atoms with van der Waals surface area (Å²) in [5.41, 5.74) is 0. The largest absolute Gasteiger partial charge is 0.385 e. The minimum Gasteiger partial charge on any atom is -0.385 e. The number of hydrogen-bond donors (Lipinski definition) is 3. The number of hydrogen-bond acceptors (Lipinski definition) is 5. The van der Waals surface area contributed by atoms with Crippen LogP contribution >= 0.6 is 11.8 Å². The van der Waals surface area contributed by atoms with Gasteiger partial charge in [0.25, 0.3) is 0 Å². The molecule has 0 aliphatic carbocycles. The van der Waals surface area contributed by atoms with Crippen molar-refractivity contribution < 1.29 is 19.1 Å². The van der Waals surface area contributed by atoms with E-state index in [1.54, 1.807) is 18.9 Å². The molecule has 1 unspecified atom stereocenters. The summed E-state index contributed by atoms with van der Waals surface area (Å²) in [6, 6.07) is 0.100. The predicted molar refractivity (Wildman–Crippen MR) is 80.4 cm³/mol. The molecule has 2 fully saturated rings. The van der Waals surface area contributed by atoms with Crippen molar-refractivity contribution in [2.45, 2.75) is 30.2 Å². The maximum absolute atomic E-state index is 11.9. The summed E-state index contributed by atoms with van der Waals surface area (Å²) >= 11 is 1.73. The normalized spacial score (nSPS) is 27.1. The van der Waals surface area contributed by atoms with Gasteiger partial charge in [-0.05, 0) is 6.42 Å². The van der Waals surface area contributed by atoms with Crippen LogP contribution in [0.1, 0.15) is 12.8 Å². The van der Waals surface area contributed by atoms with Crippen LogP contribution in [0.15, 0.2) is 0 Å². The lowest BCUT2D eigenvalue weighted by Gasteiger charge is -2.16. The molecule has 3 amide bonds. The zero-order chi connectivity index (χ0) is 15.1. The van der Waals surface area contributed by atoms with Gasteiger partial charge >= 0.3 is 6.03 Å². The summed E-state index contributed by atoms with van der Waals surface area (Å²) in [5.74, 6) is 0.874. The summed E-state index contributed by atoms with van der Waals surface area (Å²) in [5, 5.41) is 8.74. The van der Waals surface area contributed by atoms with Gasteiger partial charge in [-0.25, -0.2) is 4.79 Å². The lowest BCUT2D eigenvalue weighted by atomic mass is 10.1. The van der Waals surface area contributed by atoms with Crippen molar-refractivity contribution >= 4 is 23.7 Å². The Morgan fingerprint density at radius 1 is 1.38 bits per heavy atom. The number of methoxy groups -OCH3 is 1. The second kappa shape index (κ2) is 8.45. The minimum atomic E-state index is -0.125. The number of urea groups is 1. The monoisotopic (exact) mass is 317 g/mol. The first-order valence-electron chi connectivity index (χ1n) is 7.22. The molecule has 2 aliphatic heterocycles. The summed E-state index contributed by atoms with van der Waals surface area (Å²) in [7, 11) is 1.66. The molecule has 0 aromatic heterocycles. The Morgan fingerprint density at radius 2 is 2.24 bits per heavy atom. The summed E-state index contributed by atoms with van der Waals surface area (Å²) in [6.07, 6.45) is 1.29. The van der Waals surface area contributed by atoms with E-state index in [0.717, 1.165) is 12.2 Å². The highest BCUT2D eigenvalue weighted by Crippen LogP contribution is 2.31. The highest BCUT2D eigenvalue weighted by molar-refractivity contribution is 8.00.